The molecule has 0 atom stereocenters. The maximum absolute atomic E-state index is 11.5. The van der Waals surface area contributed by atoms with Gasteiger partial charge in [0.15, 0.2) is 28.3 Å². The van der Waals surface area contributed by atoms with Gasteiger partial charge >= 0.3 is 0 Å². The Hall–Kier alpha value is -7.25. The number of hydrogen-bond donors (Lipinski definition) is 4. The van der Waals surface area contributed by atoms with E-state index in [2.05, 4.69) is 114 Å². The van der Waals surface area contributed by atoms with Crippen LogP contribution in [-0.2, 0) is 4.79 Å². The molecule has 6 aromatic rings. The van der Waals surface area contributed by atoms with Crippen LogP contribution in [0.5, 0.6) is 0 Å². The number of nitrogen functional groups attached to an aromatic ring is 1. The first kappa shape index (κ1) is 53.9. The minimum Gasteiger partial charge on any atom is -0.384 e. The molecule has 1 amide bonds. The van der Waals surface area contributed by atoms with Gasteiger partial charge in [-0.05, 0) is 96.1 Å². The Labute approximate surface area is 382 Å². The van der Waals surface area contributed by atoms with Crippen LogP contribution >= 0.6 is 0 Å². The molecule has 6 aromatic heterocycles. The minimum atomic E-state index is -0.174. The third-order valence-corrected chi connectivity index (χ3v) is 9.35. The van der Waals surface area contributed by atoms with Crippen LogP contribution in [0.15, 0.2) is 84.4 Å². The van der Waals surface area contributed by atoms with Crippen LogP contribution in [0.4, 0.5) is 5.82 Å². The van der Waals surface area contributed by atoms with Crippen molar-refractivity contribution >= 4 is 51.1 Å². The fraction of sp³-hybridized carbons (Fsp3) is 0.444. The molecule has 0 spiro atoms. The number of fused-ring (bicyclic) bond motifs is 3. The fourth-order valence-corrected chi connectivity index (χ4v) is 6.16. The normalized spacial score (nSPS) is 13.1. The van der Waals surface area contributed by atoms with Gasteiger partial charge in [-0.25, -0.2) is 44.9 Å². The summed E-state index contributed by atoms with van der Waals surface area (Å²) < 4.78 is 5.92. The molecule has 20 nitrogen and oxygen atoms in total. The maximum Gasteiger partial charge on any atom is 0.279 e. The van der Waals surface area contributed by atoms with E-state index in [4.69, 9.17) is 11.5 Å². The number of anilines is 1. The number of aryl methyl sites for hydroxylation is 3. The number of rotatable bonds is 5. The zero-order chi connectivity index (χ0) is 46.9. The van der Waals surface area contributed by atoms with Crippen molar-refractivity contribution in [2.75, 3.05) is 5.73 Å². The van der Waals surface area contributed by atoms with Gasteiger partial charge in [0.1, 0.15) is 46.5 Å². The number of amidine groups is 1. The maximum atomic E-state index is 11.5. The third kappa shape index (κ3) is 13.6. The van der Waals surface area contributed by atoms with Gasteiger partial charge in [-0.1, -0.05) is 28.0 Å². The predicted octanol–water partition coefficient (Wildman–Crippen LogP) is 7.16. The number of aromatic amines is 1. The number of nitrogens with one attached hydrogen (secondary N) is 2. The second-order valence-corrected chi connectivity index (χ2v) is 16.0. The van der Waals surface area contributed by atoms with Crippen molar-refractivity contribution in [3.63, 3.8) is 0 Å². The van der Waals surface area contributed by atoms with Crippen molar-refractivity contribution < 1.29 is 4.79 Å². The van der Waals surface area contributed by atoms with E-state index in [1.54, 1.807) is 31.9 Å². The molecule has 0 bridgehead atoms. The molecular formula is C45H70N18O2. The van der Waals surface area contributed by atoms with Crippen molar-refractivity contribution in [3.8, 4) is 0 Å². The number of nitrogens with zero attached hydrogens (tertiary/aromatic N) is 14. The van der Waals surface area contributed by atoms with E-state index >= 15 is 0 Å². The minimum absolute atomic E-state index is 0. The van der Waals surface area contributed by atoms with Crippen LogP contribution in [0, 0.1) is 20.8 Å². The van der Waals surface area contributed by atoms with Crippen molar-refractivity contribution in [2.24, 2.45) is 10.7 Å². The van der Waals surface area contributed by atoms with E-state index in [1.165, 1.54) is 12.4 Å². The van der Waals surface area contributed by atoms with Crippen LogP contribution in [0.3, 0.4) is 0 Å². The molecule has 20 heteroatoms. The standard InChI is InChI=1S/C10H14N4.C9H12N4O.C8H11N5.C8H13N3.C8H12N2O.2CH4/c1-6(2)14-5-11-9-7(3)12-8(4)13-10(9)14;1-5(2)13-4-10-7-8(13)11-6(3)12-9(7)14;1-5(2)13-4-12-6-7(9)10-3-11-8(6)13;1-6(2)11-5-4-8(9)10-7(11)3;1-6(2)10-5-4-8(11)9-7(10)3;;/h5-6H,1-4H3;4-5H,1-3H3,(H,11,12,14);3-5H,1-2H3,(H2,9,10,11);4-6H,3H2,1-2H3,(H2,9,10);4-6H,3H2,1-2H3,(H,9,11);2*1H4. The van der Waals surface area contributed by atoms with Crippen LogP contribution in [-0.4, -0.2) is 92.2 Å². The Kier molecular flexibility index (Phi) is 19.4. The Morgan fingerprint density at radius 2 is 1.11 bits per heavy atom. The smallest absolute Gasteiger partial charge is 0.279 e. The van der Waals surface area contributed by atoms with Crippen LogP contribution in [0.2, 0.25) is 0 Å². The number of nitrogens with two attached hydrogens (primary N) is 2. The van der Waals surface area contributed by atoms with Crippen molar-refractivity contribution in [2.45, 2.75) is 135 Å². The molecule has 6 N–H and O–H groups in total. The first-order valence-corrected chi connectivity index (χ1v) is 20.6. The zero-order valence-electron chi connectivity index (χ0n) is 38.7. The van der Waals surface area contributed by atoms with Crippen molar-refractivity contribution in [1.82, 2.24) is 73.7 Å². The van der Waals surface area contributed by atoms with Crippen LogP contribution in [0.25, 0.3) is 33.5 Å². The lowest BCUT2D eigenvalue weighted by atomic mass is 10.3. The molecule has 0 unspecified atom stereocenters. The van der Waals surface area contributed by atoms with Crippen molar-refractivity contribution in [3.05, 3.63) is 102 Å². The van der Waals surface area contributed by atoms with Gasteiger partial charge in [-0.2, -0.15) is 0 Å². The number of carbonyl (C=O) groups is 1. The first-order chi connectivity index (χ1) is 29.6. The highest BCUT2D eigenvalue weighted by molar-refractivity contribution is 5.92. The monoisotopic (exact) mass is 895 g/mol. The van der Waals surface area contributed by atoms with Crippen LogP contribution < -0.4 is 22.3 Å². The molecule has 0 aliphatic carbocycles. The van der Waals surface area contributed by atoms with E-state index < -0.39 is 0 Å². The summed E-state index contributed by atoms with van der Waals surface area (Å²) >= 11 is 0. The van der Waals surface area contributed by atoms with E-state index in [0.29, 0.717) is 70.0 Å². The lowest BCUT2D eigenvalue weighted by molar-refractivity contribution is -0.116. The summed E-state index contributed by atoms with van der Waals surface area (Å²) in [5.74, 6) is 3.62. The van der Waals surface area contributed by atoms with Crippen LogP contribution in [0.1, 0.15) is 120 Å². The van der Waals surface area contributed by atoms with Gasteiger partial charge in [0, 0.05) is 48.7 Å². The second kappa shape index (κ2) is 23.4. The molecule has 2 aliphatic heterocycles. The van der Waals surface area contributed by atoms with E-state index in [9.17, 15) is 9.59 Å². The molecule has 2 aliphatic rings. The number of aromatic nitrogens is 12. The number of aliphatic imine (C=N–C) groups is 1. The largest absolute Gasteiger partial charge is 0.384 e. The molecule has 352 valence electrons. The quantitative estimate of drug-likeness (QED) is 0.134. The lowest BCUT2D eigenvalue weighted by Crippen LogP contribution is -2.38. The van der Waals surface area contributed by atoms with Gasteiger partial charge < -0.3 is 45.3 Å². The van der Waals surface area contributed by atoms with Gasteiger partial charge in [-0.3, -0.25) is 9.59 Å². The Morgan fingerprint density at radius 3 is 1.63 bits per heavy atom. The number of hydrogen-bond acceptors (Lipinski definition) is 15. The van der Waals surface area contributed by atoms with Gasteiger partial charge in [0.05, 0.1) is 24.7 Å². The third-order valence-electron chi connectivity index (χ3n) is 9.35. The number of imidazole rings is 3. The van der Waals surface area contributed by atoms with Gasteiger partial charge in [-0.15, -0.1) is 0 Å². The Balaban J connectivity index is 0.000000278. The molecule has 8 rings (SSSR count). The molecule has 0 fully saturated rings. The summed E-state index contributed by atoms with van der Waals surface area (Å²) in [5.41, 5.74) is 16.3. The first-order valence-electron chi connectivity index (χ1n) is 20.6. The summed E-state index contributed by atoms with van der Waals surface area (Å²) in [7, 11) is 0. The average molecular weight is 895 g/mol. The Morgan fingerprint density at radius 1 is 0.600 bits per heavy atom. The second-order valence-electron chi connectivity index (χ2n) is 16.0. The molecule has 0 saturated carbocycles. The molecule has 8 heterocycles. The van der Waals surface area contributed by atoms with Gasteiger partial charge in [0.25, 0.3) is 11.5 Å². The molecule has 65 heavy (non-hydrogen) atoms. The molecule has 0 saturated heterocycles. The summed E-state index contributed by atoms with van der Waals surface area (Å²) in [4.78, 5) is 66.2. The SMILES string of the molecule is C.C.C=C1N=C(N)C=CN1C(C)C.C=C1NC(=O)C=CN1C(C)C.CC(C)n1cnc2c(N)ncnc21.Cc1nc(C)c2ncn(C(C)C)c2n1.Cc1nc2c(ncn2C(C)C)c(=O)[nH]1. The summed E-state index contributed by atoms with van der Waals surface area (Å²) in [6.45, 7) is 33.8. The topological polar surface area (TPSA) is 251 Å². The highest BCUT2D eigenvalue weighted by atomic mass is 16.1. The number of amides is 1. The fourth-order valence-electron chi connectivity index (χ4n) is 6.16. The average Bonchev–Trinajstić information content (AvgIpc) is 3.94. The van der Waals surface area contributed by atoms with Crippen molar-refractivity contribution in [1.29, 1.82) is 0 Å². The molecule has 0 radical (unpaired) electrons. The van der Waals surface area contributed by atoms with E-state index in [0.717, 1.165) is 28.3 Å². The summed E-state index contributed by atoms with van der Waals surface area (Å²) in [5, 5.41) is 2.62. The molecular weight excluding hydrogens is 825 g/mol. The lowest BCUT2D eigenvalue weighted by Gasteiger charge is -2.29. The predicted molar refractivity (Wildman–Crippen MR) is 262 cm³/mol. The molecule has 0 aromatic carbocycles. The Bertz CT molecular complexity index is 2710. The summed E-state index contributed by atoms with van der Waals surface area (Å²) in [6.07, 6.45) is 13.6. The number of H-pyrrole nitrogens is 1. The highest BCUT2D eigenvalue weighted by Gasteiger charge is 2.15. The highest BCUT2D eigenvalue weighted by Crippen LogP contribution is 2.19. The van der Waals surface area contributed by atoms with Gasteiger partial charge in [0.2, 0.25) is 0 Å². The number of carbonyl (C=O) groups excluding carboxylic acids is 1. The summed E-state index contributed by atoms with van der Waals surface area (Å²) in [6, 6.07) is 1.69. The zero-order valence-corrected chi connectivity index (χ0v) is 38.7. The van der Waals surface area contributed by atoms with E-state index in [1.807, 2.05) is 73.0 Å². The van der Waals surface area contributed by atoms with E-state index in [-0.39, 0.29) is 32.4 Å².